The summed E-state index contributed by atoms with van der Waals surface area (Å²) in [4.78, 5) is 2.44. The van der Waals surface area contributed by atoms with Crippen LogP contribution in [-0.4, -0.2) is 43.8 Å². The Morgan fingerprint density at radius 1 is 1.42 bits per heavy atom. The third-order valence-corrected chi connectivity index (χ3v) is 4.49. The molecule has 1 aromatic carbocycles. The Labute approximate surface area is 128 Å². The van der Waals surface area contributed by atoms with Gasteiger partial charge >= 0.3 is 0 Å². The average molecular weight is 348 g/mol. The molecule has 0 spiro atoms. The summed E-state index contributed by atoms with van der Waals surface area (Å²) >= 11 is 9.44. The second kappa shape index (κ2) is 7.60. The van der Waals surface area contributed by atoms with Gasteiger partial charge in [0.2, 0.25) is 0 Å². The van der Waals surface area contributed by atoms with Gasteiger partial charge in [-0.05, 0) is 40.5 Å². The zero-order chi connectivity index (χ0) is 13.7. The summed E-state index contributed by atoms with van der Waals surface area (Å²) in [5, 5.41) is 4.30. The van der Waals surface area contributed by atoms with Gasteiger partial charge in [-0.1, -0.05) is 17.7 Å². The Morgan fingerprint density at radius 2 is 2.16 bits per heavy atom. The quantitative estimate of drug-likeness (QED) is 0.886. The number of hydrogen-bond acceptors (Lipinski definition) is 3. The molecule has 106 valence electrons. The maximum absolute atomic E-state index is 5.99. The Hall–Kier alpha value is -0.130. The van der Waals surface area contributed by atoms with Gasteiger partial charge in [0.15, 0.2) is 0 Å². The summed E-state index contributed by atoms with van der Waals surface area (Å²) in [7, 11) is 0. The highest BCUT2D eigenvalue weighted by atomic mass is 79.9. The molecule has 1 N–H and O–H groups in total. The molecule has 19 heavy (non-hydrogen) atoms. The number of rotatable bonds is 5. The lowest BCUT2D eigenvalue weighted by molar-refractivity contribution is 0.0343. The normalized spacial score (nSPS) is 18.5. The third-order valence-electron chi connectivity index (χ3n) is 3.27. The van der Waals surface area contributed by atoms with E-state index in [4.69, 9.17) is 16.3 Å². The molecular formula is C14H20BrClN2O. The van der Waals surface area contributed by atoms with Crippen LogP contribution in [0.25, 0.3) is 0 Å². The van der Waals surface area contributed by atoms with Gasteiger partial charge in [0, 0.05) is 36.7 Å². The van der Waals surface area contributed by atoms with Gasteiger partial charge in [0.25, 0.3) is 0 Å². The van der Waals surface area contributed by atoms with Crippen LogP contribution in [-0.2, 0) is 11.3 Å². The minimum absolute atomic E-state index is 0.465. The molecule has 1 atom stereocenters. The second-order valence-corrected chi connectivity index (χ2v) is 6.20. The van der Waals surface area contributed by atoms with Gasteiger partial charge in [0.05, 0.1) is 18.2 Å². The number of halogens is 2. The first-order valence-corrected chi connectivity index (χ1v) is 7.79. The molecule has 1 aliphatic heterocycles. The van der Waals surface area contributed by atoms with E-state index in [1.807, 2.05) is 6.07 Å². The molecule has 1 saturated heterocycles. The first-order valence-electron chi connectivity index (χ1n) is 6.62. The fourth-order valence-electron chi connectivity index (χ4n) is 2.18. The standard InChI is InChI=1S/C14H20BrClN2O/c1-11(10-18-4-6-19-7-5-18)17-9-12-2-3-14(16)13(15)8-12/h2-3,8,11,17H,4-7,9-10H2,1H3. The molecule has 5 heteroatoms. The summed E-state index contributed by atoms with van der Waals surface area (Å²) in [6, 6.07) is 6.51. The largest absolute Gasteiger partial charge is 0.379 e. The van der Waals surface area contributed by atoms with Gasteiger partial charge in [-0.2, -0.15) is 0 Å². The van der Waals surface area contributed by atoms with Crippen LogP contribution in [0.5, 0.6) is 0 Å². The molecule has 0 bridgehead atoms. The Kier molecular flexibility index (Phi) is 6.10. The van der Waals surface area contributed by atoms with E-state index in [0.29, 0.717) is 6.04 Å². The number of benzene rings is 1. The maximum atomic E-state index is 5.99. The van der Waals surface area contributed by atoms with Crippen LogP contribution in [0, 0.1) is 0 Å². The van der Waals surface area contributed by atoms with Crippen LogP contribution in [0.3, 0.4) is 0 Å². The van der Waals surface area contributed by atoms with Crippen molar-refractivity contribution in [3.8, 4) is 0 Å². The average Bonchev–Trinajstić information content (AvgIpc) is 2.41. The Morgan fingerprint density at radius 3 is 2.84 bits per heavy atom. The summed E-state index contributed by atoms with van der Waals surface area (Å²) < 4.78 is 6.31. The van der Waals surface area contributed by atoms with Crippen LogP contribution in [0.2, 0.25) is 5.02 Å². The van der Waals surface area contributed by atoms with Crippen molar-refractivity contribution in [1.82, 2.24) is 10.2 Å². The van der Waals surface area contributed by atoms with E-state index in [-0.39, 0.29) is 0 Å². The number of hydrogen-bond donors (Lipinski definition) is 1. The number of morpholine rings is 1. The molecular weight excluding hydrogens is 328 g/mol. The van der Waals surface area contributed by atoms with E-state index in [0.717, 1.165) is 48.9 Å². The minimum atomic E-state index is 0.465. The molecule has 1 aromatic rings. The van der Waals surface area contributed by atoms with E-state index in [1.165, 1.54) is 5.56 Å². The van der Waals surface area contributed by atoms with Gasteiger partial charge in [-0.3, -0.25) is 4.90 Å². The first-order chi connectivity index (χ1) is 9.15. The van der Waals surface area contributed by atoms with Crippen molar-refractivity contribution in [1.29, 1.82) is 0 Å². The summed E-state index contributed by atoms with van der Waals surface area (Å²) in [5.74, 6) is 0. The summed E-state index contributed by atoms with van der Waals surface area (Å²) in [5.41, 5.74) is 1.24. The zero-order valence-corrected chi connectivity index (χ0v) is 13.5. The molecule has 0 aliphatic carbocycles. The van der Waals surface area contributed by atoms with Crippen molar-refractivity contribution in [2.24, 2.45) is 0 Å². The molecule has 1 heterocycles. The lowest BCUT2D eigenvalue weighted by Gasteiger charge is -2.29. The van der Waals surface area contributed by atoms with Crippen molar-refractivity contribution in [2.75, 3.05) is 32.8 Å². The van der Waals surface area contributed by atoms with E-state index in [2.05, 4.69) is 45.2 Å². The van der Waals surface area contributed by atoms with Gasteiger partial charge < -0.3 is 10.1 Å². The minimum Gasteiger partial charge on any atom is -0.379 e. The van der Waals surface area contributed by atoms with E-state index >= 15 is 0 Å². The van der Waals surface area contributed by atoms with Crippen molar-refractivity contribution in [2.45, 2.75) is 19.5 Å². The molecule has 1 aliphatic rings. The van der Waals surface area contributed by atoms with Crippen molar-refractivity contribution < 1.29 is 4.74 Å². The predicted octanol–water partition coefficient (Wildman–Crippen LogP) is 2.91. The van der Waals surface area contributed by atoms with E-state index < -0.39 is 0 Å². The lowest BCUT2D eigenvalue weighted by Crippen LogP contribution is -2.44. The van der Waals surface area contributed by atoms with Crippen LogP contribution in [0.15, 0.2) is 22.7 Å². The van der Waals surface area contributed by atoms with Crippen molar-refractivity contribution in [3.63, 3.8) is 0 Å². The molecule has 0 radical (unpaired) electrons. The maximum Gasteiger partial charge on any atom is 0.0594 e. The van der Waals surface area contributed by atoms with Crippen LogP contribution < -0.4 is 5.32 Å². The topological polar surface area (TPSA) is 24.5 Å². The smallest absolute Gasteiger partial charge is 0.0594 e. The third kappa shape index (κ3) is 5.04. The van der Waals surface area contributed by atoms with Gasteiger partial charge in [0.1, 0.15) is 0 Å². The fourth-order valence-corrected chi connectivity index (χ4v) is 2.72. The summed E-state index contributed by atoms with van der Waals surface area (Å²) in [6.45, 7) is 7.95. The Balaban J connectivity index is 1.75. The van der Waals surface area contributed by atoms with E-state index in [1.54, 1.807) is 0 Å². The van der Waals surface area contributed by atoms with Gasteiger partial charge in [-0.25, -0.2) is 0 Å². The number of nitrogens with one attached hydrogen (secondary N) is 1. The van der Waals surface area contributed by atoms with E-state index in [9.17, 15) is 0 Å². The highest BCUT2D eigenvalue weighted by Gasteiger charge is 2.13. The fraction of sp³-hybridized carbons (Fsp3) is 0.571. The zero-order valence-electron chi connectivity index (χ0n) is 11.2. The van der Waals surface area contributed by atoms with Crippen LogP contribution in [0.4, 0.5) is 0 Å². The van der Waals surface area contributed by atoms with Gasteiger partial charge in [-0.15, -0.1) is 0 Å². The predicted molar refractivity (Wildman–Crippen MR) is 82.7 cm³/mol. The molecule has 1 fully saturated rings. The second-order valence-electron chi connectivity index (χ2n) is 4.94. The molecule has 0 aromatic heterocycles. The molecule has 3 nitrogen and oxygen atoms in total. The highest BCUT2D eigenvalue weighted by molar-refractivity contribution is 9.10. The number of ether oxygens (including phenoxy) is 1. The van der Waals surface area contributed by atoms with Crippen LogP contribution >= 0.6 is 27.5 Å². The first kappa shape index (κ1) is 15.3. The molecule has 0 saturated carbocycles. The molecule has 1 unspecified atom stereocenters. The van der Waals surface area contributed by atoms with Crippen molar-refractivity contribution in [3.05, 3.63) is 33.3 Å². The van der Waals surface area contributed by atoms with Crippen molar-refractivity contribution >= 4 is 27.5 Å². The summed E-state index contributed by atoms with van der Waals surface area (Å²) in [6.07, 6.45) is 0. The Bertz CT molecular complexity index is 410. The molecule has 0 amide bonds. The van der Waals surface area contributed by atoms with Crippen LogP contribution in [0.1, 0.15) is 12.5 Å². The number of nitrogens with zero attached hydrogens (tertiary/aromatic N) is 1. The lowest BCUT2D eigenvalue weighted by atomic mass is 10.2. The SMILES string of the molecule is CC(CN1CCOCC1)NCc1ccc(Cl)c(Br)c1. The highest BCUT2D eigenvalue weighted by Crippen LogP contribution is 2.23. The monoisotopic (exact) mass is 346 g/mol. The molecule has 2 rings (SSSR count).